The van der Waals surface area contributed by atoms with Gasteiger partial charge in [0, 0.05) is 12.1 Å². The largest absolute Gasteiger partial charge is 0.493 e. The summed E-state index contributed by atoms with van der Waals surface area (Å²) < 4.78 is 18.2. The van der Waals surface area contributed by atoms with Crippen molar-refractivity contribution in [3.05, 3.63) is 29.6 Å². The van der Waals surface area contributed by atoms with E-state index in [4.69, 9.17) is 10.5 Å². The number of ether oxygens (including phenoxy) is 1. The molecule has 2 nitrogen and oxygen atoms in total. The van der Waals surface area contributed by atoms with Crippen LogP contribution in [0.15, 0.2) is 18.2 Å². The fourth-order valence-corrected chi connectivity index (χ4v) is 1.03. The van der Waals surface area contributed by atoms with Gasteiger partial charge in [0.15, 0.2) is 0 Å². The summed E-state index contributed by atoms with van der Waals surface area (Å²) in [5, 5.41) is 0. The van der Waals surface area contributed by atoms with E-state index in [1.807, 2.05) is 6.92 Å². The third kappa shape index (κ3) is 1.74. The Bertz CT molecular complexity index is 263. The topological polar surface area (TPSA) is 35.2 Å². The monoisotopic (exact) mass is 169 g/mol. The zero-order valence-corrected chi connectivity index (χ0v) is 7.01. The molecule has 0 atom stereocenters. The van der Waals surface area contributed by atoms with Crippen molar-refractivity contribution >= 4 is 0 Å². The lowest BCUT2D eigenvalue weighted by Gasteiger charge is -2.08. The number of hydrogen-bond acceptors (Lipinski definition) is 2. The first-order chi connectivity index (χ1) is 5.79. The van der Waals surface area contributed by atoms with Crippen LogP contribution in [0, 0.1) is 5.82 Å². The Hall–Kier alpha value is -1.09. The zero-order valence-electron chi connectivity index (χ0n) is 7.01. The van der Waals surface area contributed by atoms with Gasteiger partial charge in [0.05, 0.1) is 6.61 Å². The van der Waals surface area contributed by atoms with Crippen LogP contribution in [0.4, 0.5) is 4.39 Å². The Morgan fingerprint density at radius 1 is 1.50 bits per heavy atom. The third-order valence-corrected chi connectivity index (χ3v) is 1.58. The average Bonchev–Trinajstić information content (AvgIpc) is 2.05. The van der Waals surface area contributed by atoms with Crippen LogP contribution in [0.1, 0.15) is 12.5 Å². The predicted molar refractivity (Wildman–Crippen MR) is 45.5 cm³/mol. The van der Waals surface area contributed by atoms with Crippen molar-refractivity contribution in [3.8, 4) is 5.75 Å². The van der Waals surface area contributed by atoms with Crippen LogP contribution in [0.5, 0.6) is 5.75 Å². The summed E-state index contributed by atoms with van der Waals surface area (Å²) in [6, 6.07) is 4.71. The fourth-order valence-electron chi connectivity index (χ4n) is 1.03. The standard InChI is InChI=1S/C9H12FNO/c1-2-12-9-5-3-4-8(10)7(9)6-11/h3-5H,2,6,11H2,1H3. The first kappa shape index (κ1) is 9.00. The number of hydrogen-bond donors (Lipinski definition) is 1. The maximum absolute atomic E-state index is 13.0. The van der Waals surface area contributed by atoms with Crippen LogP contribution in [0.2, 0.25) is 0 Å². The summed E-state index contributed by atoms with van der Waals surface area (Å²) in [7, 11) is 0. The van der Waals surface area contributed by atoms with E-state index in [2.05, 4.69) is 0 Å². The Balaban J connectivity index is 3.00. The fraction of sp³-hybridized carbons (Fsp3) is 0.333. The van der Waals surface area contributed by atoms with Crippen LogP contribution in [0.3, 0.4) is 0 Å². The predicted octanol–water partition coefficient (Wildman–Crippen LogP) is 1.68. The number of rotatable bonds is 3. The minimum absolute atomic E-state index is 0.169. The van der Waals surface area contributed by atoms with Gasteiger partial charge in [0.25, 0.3) is 0 Å². The molecule has 0 aliphatic rings. The molecule has 0 saturated carbocycles. The molecule has 3 heteroatoms. The molecule has 0 aromatic heterocycles. The molecule has 1 aromatic rings. The summed E-state index contributed by atoms with van der Waals surface area (Å²) in [5.41, 5.74) is 5.81. The first-order valence-corrected chi connectivity index (χ1v) is 3.89. The summed E-state index contributed by atoms with van der Waals surface area (Å²) >= 11 is 0. The molecule has 0 aliphatic carbocycles. The molecule has 0 radical (unpaired) electrons. The van der Waals surface area contributed by atoms with Gasteiger partial charge in [-0.05, 0) is 19.1 Å². The van der Waals surface area contributed by atoms with E-state index in [9.17, 15) is 4.39 Å². The highest BCUT2D eigenvalue weighted by molar-refractivity contribution is 5.34. The van der Waals surface area contributed by atoms with E-state index in [-0.39, 0.29) is 12.4 Å². The maximum Gasteiger partial charge on any atom is 0.131 e. The van der Waals surface area contributed by atoms with E-state index in [0.717, 1.165) is 0 Å². The van der Waals surface area contributed by atoms with Crippen LogP contribution >= 0.6 is 0 Å². The van der Waals surface area contributed by atoms with Crippen molar-refractivity contribution in [2.75, 3.05) is 6.61 Å². The van der Waals surface area contributed by atoms with Gasteiger partial charge in [0.1, 0.15) is 11.6 Å². The smallest absolute Gasteiger partial charge is 0.131 e. The highest BCUT2D eigenvalue weighted by Gasteiger charge is 2.06. The molecule has 0 unspecified atom stereocenters. The second-order valence-electron chi connectivity index (χ2n) is 2.35. The van der Waals surface area contributed by atoms with Gasteiger partial charge in [-0.1, -0.05) is 6.07 Å². The molecule has 1 aromatic carbocycles. The Kier molecular flexibility index (Phi) is 3.05. The van der Waals surface area contributed by atoms with E-state index < -0.39 is 0 Å². The summed E-state index contributed by atoms with van der Waals surface area (Å²) in [4.78, 5) is 0. The molecule has 66 valence electrons. The molecule has 0 spiro atoms. The lowest BCUT2D eigenvalue weighted by atomic mass is 10.2. The minimum atomic E-state index is -0.302. The number of halogens is 1. The normalized spacial score (nSPS) is 9.92. The van der Waals surface area contributed by atoms with E-state index in [1.165, 1.54) is 6.07 Å². The highest BCUT2D eigenvalue weighted by Crippen LogP contribution is 2.20. The first-order valence-electron chi connectivity index (χ1n) is 3.89. The van der Waals surface area contributed by atoms with Crippen LogP contribution < -0.4 is 10.5 Å². The third-order valence-electron chi connectivity index (χ3n) is 1.58. The van der Waals surface area contributed by atoms with Crippen molar-refractivity contribution in [1.82, 2.24) is 0 Å². The number of benzene rings is 1. The molecule has 1 rings (SSSR count). The Morgan fingerprint density at radius 2 is 2.25 bits per heavy atom. The van der Waals surface area contributed by atoms with Gasteiger partial charge in [-0.25, -0.2) is 4.39 Å². The Morgan fingerprint density at radius 3 is 2.83 bits per heavy atom. The van der Waals surface area contributed by atoms with Gasteiger partial charge >= 0.3 is 0 Å². The van der Waals surface area contributed by atoms with Crippen LogP contribution in [0.25, 0.3) is 0 Å². The van der Waals surface area contributed by atoms with Gasteiger partial charge in [-0.3, -0.25) is 0 Å². The van der Waals surface area contributed by atoms with Crippen LogP contribution in [-0.2, 0) is 6.54 Å². The van der Waals surface area contributed by atoms with Crippen molar-refractivity contribution in [2.45, 2.75) is 13.5 Å². The molecular formula is C9H12FNO. The summed E-state index contributed by atoms with van der Waals surface area (Å²) in [6.07, 6.45) is 0. The molecule has 0 bridgehead atoms. The molecule has 0 aliphatic heterocycles. The van der Waals surface area contributed by atoms with Crippen molar-refractivity contribution < 1.29 is 9.13 Å². The minimum Gasteiger partial charge on any atom is -0.493 e. The molecule has 2 N–H and O–H groups in total. The Labute approximate surface area is 71.1 Å². The van der Waals surface area contributed by atoms with E-state index in [1.54, 1.807) is 12.1 Å². The quantitative estimate of drug-likeness (QED) is 0.747. The van der Waals surface area contributed by atoms with Crippen molar-refractivity contribution in [1.29, 1.82) is 0 Å². The summed E-state index contributed by atoms with van der Waals surface area (Å²) in [5.74, 6) is 0.239. The van der Waals surface area contributed by atoms with E-state index >= 15 is 0 Å². The molecule has 0 heterocycles. The molecule has 0 amide bonds. The molecule has 0 saturated heterocycles. The molecule has 0 fully saturated rings. The molecular weight excluding hydrogens is 157 g/mol. The van der Waals surface area contributed by atoms with Gasteiger partial charge in [-0.15, -0.1) is 0 Å². The van der Waals surface area contributed by atoms with Crippen LogP contribution in [-0.4, -0.2) is 6.61 Å². The highest BCUT2D eigenvalue weighted by atomic mass is 19.1. The number of nitrogens with two attached hydrogens (primary N) is 1. The van der Waals surface area contributed by atoms with Gasteiger partial charge in [-0.2, -0.15) is 0 Å². The molecule has 12 heavy (non-hydrogen) atoms. The van der Waals surface area contributed by atoms with Crippen molar-refractivity contribution in [2.24, 2.45) is 5.73 Å². The zero-order chi connectivity index (χ0) is 8.97. The van der Waals surface area contributed by atoms with Gasteiger partial charge in [0.2, 0.25) is 0 Å². The van der Waals surface area contributed by atoms with Crippen molar-refractivity contribution in [3.63, 3.8) is 0 Å². The second kappa shape index (κ2) is 4.07. The lowest BCUT2D eigenvalue weighted by Crippen LogP contribution is -2.04. The van der Waals surface area contributed by atoms with E-state index in [0.29, 0.717) is 17.9 Å². The second-order valence-corrected chi connectivity index (χ2v) is 2.35. The average molecular weight is 169 g/mol. The SMILES string of the molecule is CCOc1cccc(F)c1CN. The van der Waals surface area contributed by atoms with Gasteiger partial charge < -0.3 is 10.5 Å². The lowest BCUT2D eigenvalue weighted by molar-refractivity contribution is 0.334. The maximum atomic E-state index is 13.0. The summed E-state index contributed by atoms with van der Waals surface area (Å²) in [6.45, 7) is 2.55.